The molecule has 112 valence electrons. The van der Waals surface area contributed by atoms with E-state index in [0.717, 1.165) is 37.6 Å². The largest absolute Gasteiger partial charge is 0.383 e. The Hall–Kier alpha value is -1.79. The van der Waals surface area contributed by atoms with Crippen molar-refractivity contribution in [1.82, 2.24) is 25.5 Å². The Morgan fingerprint density at radius 1 is 1.29 bits per heavy atom. The topological polar surface area (TPSA) is 64.9 Å². The van der Waals surface area contributed by atoms with Crippen LogP contribution in [-0.2, 0) is 11.2 Å². The molecule has 1 aromatic carbocycles. The van der Waals surface area contributed by atoms with Gasteiger partial charge in [-0.2, -0.15) is 4.68 Å². The van der Waals surface area contributed by atoms with E-state index in [-0.39, 0.29) is 0 Å². The van der Waals surface area contributed by atoms with E-state index in [1.807, 2.05) is 35.0 Å². The van der Waals surface area contributed by atoms with Gasteiger partial charge in [0.1, 0.15) is 0 Å². The highest BCUT2D eigenvalue weighted by molar-refractivity contribution is 5.30. The number of nitrogens with one attached hydrogen (secondary N) is 1. The number of hydrogen-bond acceptors (Lipinski definition) is 5. The fourth-order valence-corrected chi connectivity index (χ4v) is 2.54. The molecule has 21 heavy (non-hydrogen) atoms. The van der Waals surface area contributed by atoms with Crippen LogP contribution < -0.4 is 5.32 Å². The number of rotatable bonds is 8. The Bertz CT molecular complexity index is 564. The van der Waals surface area contributed by atoms with Gasteiger partial charge in [-0.25, -0.2) is 0 Å². The maximum absolute atomic E-state index is 5.06. The number of hydrogen-bond donors (Lipinski definition) is 1. The normalized spacial score (nSPS) is 16.0. The zero-order valence-electron chi connectivity index (χ0n) is 12.3. The highest BCUT2D eigenvalue weighted by atomic mass is 16.5. The lowest BCUT2D eigenvalue weighted by atomic mass is 10.0. The highest BCUT2D eigenvalue weighted by Crippen LogP contribution is 2.47. The molecule has 0 radical (unpaired) electrons. The van der Waals surface area contributed by atoms with Crippen LogP contribution >= 0.6 is 0 Å². The van der Waals surface area contributed by atoms with Gasteiger partial charge in [0.15, 0.2) is 5.82 Å². The van der Waals surface area contributed by atoms with E-state index in [1.165, 1.54) is 12.8 Å². The fourth-order valence-electron chi connectivity index (χ4n) is 2.54. The molecule has 1 fully saturated rings. The number of tetrazole rings is 1. The van der Waals surface area contributed by atoms with Crippen LogP contribution in [-0.4, -0.2) is 47.0 Å². The van der Waals surface area contributed by atoms with E-state index in [4.69, 9.17) is 4.74 Å². The number of nitrogens with zero attached hydrogens (tertiary/aromatic N) is 4. The number of aromatic nitrogens is 4. The van der Waals surface area contributed by atoms with Gasteiger partial charge in [0, 0.05) is 26.6 Å². The van der Waals surface area contributed by atoms with Crippen molar-refractivity contribution in [1.29, 1.82) is 0 Å². The molecule has 1 aliphatic carbocycles. The quantitative estimate of drug-likeness (QED) is 0.740. The Morgan fingerprint density at radius 2 is 2.10 bits per heavy atom. The molecule has 0 bridgehead atoms. The summed E-state index contributed by atoms with van der Waals surface area (Å²) >= 11 is 0. The van der Waals surface area contributed by atoms with Gasteiger partial charge >= 0.3 is 0 Å². The SMILES string of the molecule is COCCNCC1(Cc2nnnn2-c2ccccc2)CC1. The standard InChI is InChI=1S/C15H21N5O/c1-21-10-9-16-12-15(7-8-15)11-14-17-18-19-20(14)13-5-3-2-4-6-13/h2-6,16H,7-12H2,1H3. The molecular weight excluding hydrogens is 266 g/mol. The zero-order valence-corrected chi connectivity index (χ0v) is 12.3. The van der Waals surface area contributed by atoms with Gasteiger partial charge in [0.25, 0.3) is 0 Å². The Balaban J connectivity index is 1.65. The maximum Gasteiger partial charge on any atom is 0.157 e. The van der Waals surface area contributed by atoms with Gasteiger partial charge in [-0.15, -0.1) is 5.10 Å². The number of benzene rings is 1. The van der Waals surface area contributed by atoms with Crippen molar-refractivity contribution in [2.45, 2.75) is 19.3 Å². The average Bonchev–Trinajstić information content (AvgIpc) is 3.12. The van der Waals surface area contributed by atoms with E-state index in [2.05, 4.69) is 20.8 Å². The van der Waals surface area contributed by atoms with Crippen molar-refractivity contribution in [3.05, 3.63) is 36.2 Å². The van der Waals surface area contributed by atoms with Gasteiger partial charge < -0.3 is 10.1 Å². The van der Waals surface area contributed by atoms with Crippen molar-refractivity contribution in [2.24, 2.45) is 5.41 Å². The molecule has 3 rings (SSSR count). The fraction of sp³-hybridized carbons (Fsp3) is 0.533. The molecule has 1 N–H and O–H groups in total. The first kappa shape index (κ1) is 14.2. The van der Waals surface area contributed by atoms with E-state index in [9.17, 15) is 0 Å². The van der Waals surface area contributed by atoms with Crippen LogP contribution in [0.5, 0.6) is 0 Å². The summed E-state index contributed by atoms with van der Waals surface area (Å²) in [5.41, 5.74) is 1.33. The predicted molar refractivity (Wildman–Crippen MR) is 79.3 cm³/mol. The van der Waals surface area contributed by atoms with Gasteiger partial charge in [-0.1, -0.05) is 18.2 Å². The molecule has 1 heterocycles. The summed E-state index contributed by atoms with van der Waals surface area (Å²) in [4.78, 5) is 0. The number of para-hydroxylation sites is 1. The van der Waals surface area contributed by atoms with Gasteiger partial charge in [-0.05, 0) is 40.8 Å². The third-order valence-electron chi connectivity index (χ3n) is 4.01. The molecule has 0 atom stereocenters. The molecule has 1 saturated carbocycles. The minimum atomic E-state index is 0.314. The second-order valence-electron chi connectivity index (χ2n) is 5.69. The van der Waals surface area contributed by atoms with Crippen molar-refractivity contribution >= 4 is 0 Å². The molecule has 2 aromatic rings. The second-order valence-corrected chi connectivity index (χ2v) is 5.69. The predicted octanol–water partition coefficient (Wildman–Crippen LogP) is 1.22. The van der Waals surface area contributed by atoms with Crippen LogP contribution in [0.1, 0.15) is 18.7 Å². The number of methoxy groups -OCH3 is 1. The summed E-state index contributed by atoms with van der Waals surface area (Å²) in [5, 5.41) is 15.6. The second kappa shape index (κ2) is 6.32. The van der Waals surface area contributed by atoms with E-state index < -0.39 is 0 Å². The maximum atomic E-state index is 5.06. The molecule has 1 aliphatic rings. The third-order valence-corrected chi connectivity index (χ3v) is 4.01. The minimum absolute atomic E-state index is 0.314. The molecule has 0 aliphatic heterocycles. The molecule has 6 nitrogen and oxygen atoms in total. The van der Waals surface area contributed by atoms with E-state index in [1.54, 1.807) is 7.11 Å². The first-order valence-corrected chi connectivity index (χ1v) is 7.35. The van der Waals surface area contributed by atoms with Crippen LogP contribution in [0.15, 0.2) is 30.3 Å². The summed E-state index contributed by atoms with van der Waals surface area (Å²) in [6.45, 7) is 2.64. The summed E-state index contributed by atoms with van der Waals surface area (Å²) in [7, 11) is 1.72. The van der Waals surface area contributed by atoms with E-state index >= 15 is 0 Å². The highest BCUT2D eigenvalue weighted by Gasteiger charge is 2.43. The molecular formula is C15H21N5O. The summed E-state index contributed by atoms with van der Waals surface area (Å²) in [6.07, 6.45) is 3.37. The minimum Gasteiger partial charge on any atom is -0.383 e. The van der Waals surface area contributed by atoms with Crippen molar-refractivity contribution < 1.29 is 4.74 Å². The molecule has 1 aromatic heterocycles. The summed E-state index contributed by atoms with van der Waals surface area (Å²) in [6, 6.07) is 10.0. The molecule has 6 heteroatoms. The lowest BCUT2D eigenvalue weighted by Crippen LogP contribution is -2.29. The Morgan fingerprint density at radius 3 is 2.81 bits per heavy atom. The first-order valence-electron chi connectivity index (χ1n) is 7.35. The van der Waals surface area contributed by atoms with Gasteiger partial charge in [0.05, 0.1) is 12.3 Å². The molecule has 0 unspecified atom stereocenters. The average molecular weight is 287 g/mol. The summed E-state index contributed by atoms with van der Waals surface area (Å²) < 4.78 is 6.90. The Kier molecular flexibility index (Phi) is 4.26. The van der Waals surface area contributed by atoms with Gasteiger partial charge in [0.2, 0.25) is 0 Å². The zero-order chi connectivity index (χ0) is 14.5. The molecule has 0 spiro atoms. The lowest BCUT2D eigenvalue weighted by molar-refractivity contribution is 0.197. The smallest absolute Gasteiger partial charge is 0.157 e. The number of ether oxygens (including phenoxy) is 1. The summed E-state index contributed by atoms with van der Waals surface area (Å²) in [5.74, 6) is 0.937. The van der Waals surface area contributed by atoms with Crippen LogP contribution in [0.25, 0.3) is 5.69 Å². The van der Waals surface area contributed by atoms with E-state index in [0.29, 0.717) is 5.41 Å². The van der Waals surface area contributed by atoms with Crippen LogP contribution in [0.4, 0.5) is 0 Å². The van der Waals surface area contributed by atoms with Crippen molar-refractivity contribution in [2.75, 3.05) is 26.8 Å². The molecule has 0 saturated heterocycles. The van der Waals surface area contributed by atoms with Crippen molar-refractivity contribution in [3.63, 3.8) is 0 Å². The van der Waals surface area contributed by atoms with Gasteiger partial charge in [-0.3, -0.25) is 0 Å². The third kappa shape index (κ3) is 3.46. The monoisotopic (exact) mass is 287 g/mol. The van der Waals surface area contributed by atoms with Crippen LogP contribution in [0.2, 0.25) is 0 Å². The first-order chi connectivity index (χ1) is 10.3. The molecule has 0 amide bonds. The van der Waals surface area contributed by atoms with Crippen molar-refractivity contribution in [3.8, 4) is 5.69 Å². The Labute approximate surface area is 124 Å². The van der Waals surface area contributed by atoms with Crippen LogP contribution in [0.3, 0.4) is 0 Å². The van der Waals surface area contributed by atoms with Crippen LogP contribution in [0, 0.1) is 5.41 Å². The lowest BCUT2D eigenvalue weighted by Gasteiger charge is -2.15.